The number of nitrogens with one attached hydrogen (secondary N) is 1. The molecule has 0 saturated heterocycles. The molecule has 0 saturated carbocycles. The van der Waals surface area contributed by atoms with E-state index in [1.54, 1.807) is 12.4 Å². The fraction of sp³-hybridized carbons (Fsp3) is 0.200. The van der Waals surface area contributed by atoms with Crippen molar-refractivity contribution in [3.63, 3.8) is 0 Å². The van der Waals surface area contributed by atoms with Crippen LogP contribution in [0.2, 0.25) is 0 Å². The summed E-state index contributed by atoms with van der Waals surface area (Å²) in [5, 5.41) is 1.26. The van der Waals surface area contributed by atoms with E-state index in [0.29, 0.717) is 5.82 Å². The van der Waals surface area contributed by atoms with Gasteiger partial charge in [-0.1, -0.05) is 15.9 Å². The smallest absolute Gasteiger partial charge is 0.162 e. The van der Waals surface area contributed by atoms with Crippen LogP contribution in [-0.4, -0.2) is 36.4 Å². The van der Waals surface area contributed by atoms with Crippen LogP contribution in [-0.2, 0) is 19.5 Å². The number of nitrogens with zero attached hydrogens (tertiary/aromatic N) is 5. The van der Waals surface area contributed by atoms with Gasteiger partial charge >= 0.3 is 0 Å². The largest absolute Gasteiger partial charge is 0.361 e. The van der Waals surface area contributed by atoms with E-state index < -0.39 is 0 Å². The molecular formula is C20H17BrN6. The van der Waals surface area contributed by atoms with Crippen LogP contribution in [0.4, 0.5) is 0 Å². The summed E-state index contributed by atoms with van der Waals surface area (Å²) in [5.41, 5.74) is 5.64. The number of aromatic nitrogens is 5. The van der Waals surface area contributed by atoms with Crippen molar-refractivity contribution < 1.29 is 0 Å². The van der Waals surface area contributed by atoms with E-state index in [1.807, 2.05) is 6.20 Å². The molecule has 1 N–H and O–H groups in total. The third-order valence-corrected chi connectivity index (χ3v) is 5.46. The lowest BCUT2D eigenvalue weighted by atomic mass is 10.1. The summed E-state index contributed by atoms with van der Waals surface area (Å²) in [6.07, 6.45) is 10.0. The molecule has 27 heavy (non-hydrogen) atoms. The van der Waals surface area contributed by atoms with E-state index in [2.05, 4.69) is 65.2 Å². The second kappa shape index (κ2) is 6.83. The number of hydrogen-bond donors (Lipinski definition) is 1. The Morgan fingerprint density at radius 3 is 2.93 bits per heavy atom. The van der Waals surface area contributed by atoms with Crippen LogP contribution in [0.15, 0.2) is 53.8 Å². The van der Waals surface area contributed by atoms with Gasteiger partial charge in [0.25, 0.3) is 0 Å². The number of H-pyrrole nitrogens is 1. The van der Waals surface area contributed by atoms with Crippen molar-refractivity contribution in [1.29, 1.82) is 0 Å². The summed E-state index contributed by atoms with van der Waals surface area (Å²) in [7, 11) is 0. The topological polar surface area (TPSA) is 70.6 Å². The van der Waals surface area contributed by atoms with Crippen LogP contribution in [0.3, 0.4) is 0 Å². The van der Waals surface area contributed by atoms with Gasteiger partial charge in [0.2, 0.25) is 0 Å². The van der Waals surface area contributed by atoms with Crippen molar-refractivity contribution in [2.75, 3.05) is 6.54 Å². The van der Waals surface area contributed by atoms with Crippen molar-refractivity contribution in [1.82, 2.24) is 29.8 Å². The summed E-state index contributed by atoms with van der Waals surface area (Å²) in [6, 6.07) is 6.34. The van der Waals surface area contributed by atoms with Crippen molar-refractivity contribution >= 4 is 26.8 Å². The van der Waals surface area contributed by atoms with Gasteiger partial charge in [-0.05, 0) is 35.7 Å². The van der Waals surface area contributed by atoms with Gasteiger partial charge in [-0.2, -0.15) is 0 Å². The number of fused-ring (bicyclic) bond motifs is 2. The highest BCUT2D eigenvalue weighted by molar-refractivity contribution is 9.10. The highest BCUT2D eigenvalue weighted by Gasteiger charge is 2.20. The molecule has 6 nitrogen and oxygen atoms in total. The standard InChI is InChI=1S/C20H17BrN6/c21-16-1-2-18-17(5-16)15(9-24-18)10-27-4-3-13-8-25-20(26-19(13)11-27)14-6-22-12-23-7-14/h1-2,5-9,12,24H,3-4,10-11H2. The number of aromatic amines is 1. The monoisotopic (exact) mass is 420 g/mol. The van der Waals surface area contributed by atoms with E-state index in [-0.39, 0.29) is 0 Å². The Hall–Kier alpha value is -2.64. The quantitative estimate of drug-likeness (QED) is 0.546. The third kappa shape index (κ3) is 3.24. The van der Waals surface area contributed by atoms with Gasteiger partial charge < -0.3 is 4.98 Å². The molecule has 0 radical (unpaired) electrons. The lowest BCUT2D eigenvalue weighted by molar-refractivity contribution is 0.242. The Morgan fingerprint density at radius 2 is 2.04 bits per heavy atom. The molecule has 0 unspecified atom stereocenters. The Bertz CT molecular complexity index is 1110. The van der Waals surface area contributed by atoms with Crippen molar-refractivity contribution in [2.45, 2.75) is 19.5 Å². The lowest BCUT2D eigenvalue weighted by Gasteiger charge is -2.27. The molecule has 0 bridgehead atoms. The zero-order chi connectivity index (χ0) is 18.2. The average molecular weight is 421 g/mol. The van der Waals surface area contributed by atoms with Gasteiger partial charge in [0.05, 0.1) is 11.3 Å². The molecule has 0 amide bonds. The van der Waals surface area contributed by atoms with Crippen LogP contribution < -0.4 is 0 Å². The minimum absolute atomic E-state index is 0.687. The zero-order valence-electron chi connectivity index (χ0n) is 14.6. The third-order valence-electron chi connectivity index (χ3n) is 4.97. The van der Waals surface area contributed by atoms with Crippen LogP contribution in [0.5, 0.6) is 0 Å². The predicted molar refractivity (Wildman–Crippen MR) is 107 cm³/mol. The van der Waals surface area contributed by atoms with E-state index in [4.69, 9.17) is 4.98 Å². The van der Waals surface area contributed by atoms with Crippen molar-refractivity contribution in [2.24, 2.45) is 0 Å². The highest BCUT2D eigenvalue weighted by atomic mass is 79.9. The van der Waals surface area contributed by atoms with Crippen LogP contribution in [0.1, 0.15) is 16.8 Å². The molecule has 0 spiro atoms. The molecule has 1 aliphatic heterocycles. The van der Waals surface area contributed by atoms with Gasteiger partial charge in [-0.3, -0.25) is 4.90 Å². The molecule has 1 aliphatic rings. The van der Waals surface area contributed by atoms with Gasteiger partial charge in [0, 0.05) is 59.8 Å². The molecule has 3 aromatic heterocycles. The molecule has 0 atom stereocenters. The Labute approximate surface area is 164 Å². The predicted octanol–water partition coefficient (Wildman–Crippen LogP) is 3.74. The van der Waals surface area contributed by atoms with E-state index in [9.17, 15) is 0 Å². The van der Waals surface area contributed by atoms with Crippen molar-refractivity contribution in [3.05, 3.63) is 70.6 Å². The first kappa shape index (κ1) is 16.5. The number of benzene rings is 1. The maximum atomic E-state index is 4.79. The second-order valence-corrected chi connectivity index (χ2v) is 7.67. The number of halogens is 1. The molecule has 1 aromatic carbocycles. The number of hydrogen-bond acceptors (Lipinski definition) is 5. The first-order chi connectivity index (χ1) is 13.3. The normalized spacial score (nSPS) is 14.4. The fourth-order valence-corrected chi connectivity index (χ4v) is 3.93. The summed E-state index contributed by atoms with van der Waals surface area (Å²) in [6.45, 7) is 2.72. The second-order valence-electron chi connectivity index (χ2n) is 6.76. The molecule has 4 aromatic rings. The highest BCUT2D eigenvalue weighted by Crippen LogP contribution is 2.26. The molecule has 4 heterocycles. The zero-order valence-corrected chi connectivity index (χ0v) is 16.1. The SMILES string of the molecule is Brc1ccc2[nH]cc(CN3CCc4cnc(-c5cncnc5)nc4C3)c2c1. The lowest BCUT2D eigenvalue weighted by Crippen LogP contribution is -2.31. The minimum Gasteiger partial charge on any atom is -0.361 e. The van der Waals surface area contributed by atoms with Crippen molar-refractivity contribution in [3.8, 4) is 11.4 Å². The molecule has 134 valence electrons. The summed E-state index contributed by atoms with van der Waals surface area (Å²) >= 11 is 3.57. The Balaban J connectivity index is 1.41. The molecular weight excluding hydrogens is 404 g/mol. The van der Waals surface area contributed by atoms with Gasteiger partial charge in [-0.25, -0.2) is 19.9 Å². The summed E-state index contributed by atoms with van der Waals surface area (Å²) in [4.78, 5) is 23.2. The maximum Gasteiger partial charge on any atom is 0.162 e. The van der Waals surface area contributed by atoms with Gasteiger partial charge in [0.15, 0.2) is 5.82 Å². The number of rotatable bonds is 3. The van der Waals surface area contributed by atoms with E-state index in [1.165, 1.54) is 28.4 Å². The van der Waals surface area contributed by atoms with E-state index in [0.717, 1.165) is 41.8 Å². The first-order valence-electron chi connectivity index (χ1n) is 8.84. The maximum absolute atomic E-state index is 4.79. The van der Waals surface area contributed by atoms with Crippen LogP contribution in [0, 0.1) is 0 Å². The van der Waals surface area contributed by atoms with E-state index >= 15 is 0 Å². The molecule has 0 aliphatic carbocycles. The minimum atomic E-state index is 0.687. The van der Waals surface area contributed by atoms with Gasteiger partial charge in [0.1, 0.15) is 6.33 Å². The molecule has 0 fully saturated rings. The summed E-state index contributed by atoms with van der Waals surface area (Å²) in [5.74, 6) is 0.687. The Kier molecular flexibility index (Phi) is 4.18. The Morgan fingerprint density at radius 1 is 1.15 bits per heavy atom. The van der Waals surface area contributed by atoms with Gasteiger partial charge in [-0.15, -0.1) is 0 Å². The average Bonchev–Trinajstić information content (AvgIpc) is 3.10. The van der Waals surface area contributed by atoms with Crippen LogP contribution in [0.25, 0.3) is 22.3 Å². The molecule has 5 rings (SSSR count). The summed E-state index contributed by atoms with van der Waals surface area (Å²) < 4.78 is 1.10. The molecule has 7 heteroatoms. The first-order valence-corrected chi connectivity index (χ1v) is 9.63. The van der Waals surface area contributed by atoms with Crippen LogP contribution >= 0.6 is 15.9 Å². The fourth-order valence-electron chi connectivity index (χ4n) is 3.57.